The Hall–Kier alpha value is -1.54. The molecule has 0 aromatic rings. The van der Waals surface area contributed by atoms with Gasteiger partial charge in [-0.1, -0.05) is 19.4 Å². The summed E-state index contributed by atoms with van der Waals surface area (Å²) >= 11 is 0. The summed E-state index contributed by atoms with van der Waals surface area (Å²) in [6, 6.07) is 0. The highest BCUT2D eigenvalue weighted by Crippen LogP contribution is 2.11. The van der Waals surface area contributed by atoms with E-state index < -0.39 is 0 Å². The summed E-state index contributed by atoms with van der Waals surface area (Å²) in [5, 5.41) is 0. The lowest BCUT2D eigenvalue weighted by atomic mass is 10.1. The van der Waals surface area contributed by atoms with Gasteiger partial charge in [-0.05, 0) is 18.9 Å². The highest BCUT2D eigenvalue weighted by atomic mass is 16.5. The number of esters is 1. The molecule has 0 radical (unpaired) electrons. The number of nitrogens with zero attached hydrogens (tertiary/aromatic N) is 1. The van der Waals surface area contributed by atoms with E-state index in [0.717, 1.165) is 25.7 Å². The average Bonchev–Trinajstić information content (AvgIpc) is 2.29. The van der Waals surface area contributed by atoms with Crippen LogP contribution >= 0.6 is 0 Å². The minimum atomic E-state index is -0.370. The lowest BCUT2D eigenvalue weighted by molar-refractivity contribution is -0.148. The summed E-state index contributed by atoms with van der Waals surface area (Å²) in [6.45, 7) is 4.26. The molecule has 0 aromatic carbocycles. The molecule has 1 heterocycles. The minimum absolute atomic E-state index is 0.0564. The second-order valence-electron chi connectivity index (χ2n) is 4.07. The van der Waals surface area contributed by atoms with E-state index >= 15 is 0 Å². The number of ether oxygens (including phenoxy) is 1. The molecule has 1 aliphatic heterocycles. The molecule has 0 aromatic heterocycles. The van der Waals surface area contributed by atoms with Gasteiger partial charge in [-0.3, -0.25) is 9.59 Å². The molecule has 0 saturated carbocycles. The third-order valence-corrected chi connectivity index (χ3v) is 2.71. The van der Waals surface area contributed by atoms with E-state index in [1.807, 2.05) is 0 Å². The Kier molecular flexibility index (Phi) is 6.12. The first-order valence-corrected chi connectivity index (χ1v) is 6.01. The van der Waals surface area contributed by atoms with E-state index in [1.165, 1.54) is 6.08 Å². The molecule has 0 atom stereocenters. The topological polar surface area (TPSA) is 46.6 Å². The molecule has 0 N–H and O–H groups in total. The maximum Gasteiger partial charge on any atom is 0.325 e. The zero-order chi connectivity index (χ0) is 12.5. The maximum atomic E-state index is 11.7. The van der Waals surface area contributed by atoms with E-state index in [9.17, 15) is 9.59 Å². The van der Waals surface area contributed by atoms with Crippen LogP contribution in [0.3, 0.4) is 0 Å². The number of likely N-dealkylation sites (tertiary alicyclic amines) is 1. The lowest BCUT2D eigenvalue weighted by Gasteiger charge is -2.23. The molecule has 4 nitrogen and oxygen atoms in total. The number of rotatable bonds is 4. The Labute approximate surface area is 102 Å². The molecule has 17 heavy (non-hydrogen) atoms. The van der Waals surface area contributed by atoms with Gasteiger partial charge in [0, 0.05) is 13.0 Å². The molecule has 0 spiro atoms. The van der Waals surface area contributed by atoms with Crippen LogP contribution in [0.5, 0.6) is 0 Å². The predicted molar refractivity (Wildman–Crippen MR) is 64.3 cm³/mol. The summed E-state index contributed by atoms with van der Waals surface area (Å²) in [5.41, 5.74) is 2.52. The molecule has 4 heteroatoms. The van der Waals surface area contributed by atoms with E-state index in [-0.39, 0.29) is 25.0 Å². The summed E-state index contributed by atoms with van der Waals surface area (Å²) in [4.78, 5) is 24.8. The molecule has 1 fully saturated rings. The van der Waals surface area contributed by atoms with Gasteiger partial charge in [0.05, 0.1) is 0 Å². The second kappa shape index (κ2) is 7.69. The monoisotopic (exact) mass is 237 g/mol. The van der Waals surface area contributed by atoms with E-state index in [1.54, 1.807) is 4.90 Å². The van der Waals surface area contributed by atoms with Gasteiger partial charge in [0.1, 0.15) is 13.2 Å². The number of carbonyl (C=O) groups is 2. The fraction of sp³-hybridized carbons (Fsp3) is 0.615. The van der Waals surface area contributed by atoms with Crippen LogP contribution in [0, 0.1) is 0 Å². The number of carbonyl (C=O) groups excluding carboxylic acids is 2. The Balaban J connectivity index is 2.38. The predicted octanol–water partition coefficient (Wildman–Crippen LogP) is 1.66. The SMILES string of the molecule is C=C=CCOC(=O)CN1CCCCCCC1=O. The van der Waals surface area contributed by atoms with Gasteiger partial charge in [0.15, 0.2) is 0 Å². The van der Waals surface area contributed by atoms with Crippen LogP contribution in [0.25, 0.3) is 0 Å². The molecule has 1 aliphatic rings. The molecular weight excluding hydrogens is 218 g/mol. The van der Waals surface area contributed by atoms with E-state index in [0.29, 0.717) is 13.0 Å². The van der Waals surface area contributed by atoms with Crippen molar-refractivity contribution in [2.24, 2.45) is 0 Å². The van der Waals surface area contributed by atoms with Crippen LogP contribution in [0.15, 0.2) is 18.4 Å². The molecule has 94 valence electrons. The second-order valence-corrected chi connectivity index (χ2v) is 4.07. The van der Waals surface area contributed by atoms with Gasteiger partial charge in [0.2, 0.25) is 5.91 Å². The van der Waals surface area contributed by atoms with Crippen molar-refractivity contribution in [2.45, 2.75) is 32.1 Å². The van der Waals surface area contributed by atoms with Crippen LogP contribution in [0.1, 0.15) is 32.1 Å². The molecule has 0 bridgehead atoms. The smallest absolute Gasteiger partial charge is 0.325 e. The highest BCUT2D eigenvalue weighted by molar-refractivity contribution is 5.82. The summed E-state index contributed by atoms with van der Waals surface area (Å²) in [5.74, 6) is -0.314. The van der Waals surface area contributed by atoms with Crippen molar-refractivity contribution >= 4 is 11.9 Å². The Bertz CT molecular complexity index is 319. The van der Waals surface area contributed by atoms with Crippen LogP contribution in [-0.2, 0) is 14.3 Å². The summed E-state index contributed by atoms with van der Waals surface area (Å²) < 4.78 is 4.91. The fourth-order valence-corrected chi connectivity index (χ4v) is 1.78. The zero-order valence-electron chi connectivity index (χ0n) is 10.1. The van der Waals surface area contributed by atoms with Crippen molar-refractivity contribution in [2.75, 3.05) is 19.7 Å². The molecule has 0 unspecified atom stereocenters. The van der Waals surface area contributed by atoms with Crippen LogP contribution in [-0.4, -0.2) is 36.5 Å². The zero-order valence-corrected chi connectivity index (χ0v) is 10.1. The molecule has 0 aliphatic carbocycles. The van der Waals surface area contributed by atoms with Crippen LogP contribution in [0.2, 0.25) is 0 Å². The Morgan fingerprint density at radius 2 is 2.18 bits per heavy atom. The van der Waals surface area contributed by atoms with Gasteiger partial charge in [-0.25, -0.2) is 0 Å². The van der Waals surface area contributed by atoms with Crippen molar-refractivity contribution in [3.8, 4) is 0 Å². The van der Waals surface area contributed by atoms with Crippen molar-refractivity contribution < 1.29 is 14.3 Å². The largest absolute Gasteiger partial charge is 0.459 e. The van der Waals surface area contributed by atoms with Crippen molar-refractivity contribution in [3.63, 3.8) is 0 Å². The minimum Gasteiger partial charge on any atom is -0.459 e. The van der Waals surface area contributed by atoms with Gasteiger partial charge >= 0.3 is 5.97 Å². The quantitative estimate of drug-likeness (QED) is 0.552. The standard InChI is InChI=1S/C13H19NO3/c1-2-3-10-17-13(16)11-14-9-7-5-4-6-8-12(14)15/h3H,1,4-11H2. The third-order valence-electron chi connectivity index (χ3n) is 2.71. The first-order valence-electron chi connectivity index (χ1n) is 6.01. The van der Waals surface area contributed by atoms with Crippen molar-refractivity contribution in [1.82, 2.24) is 4.90 Å². The highest BCUT2D eigenvalue weighted by Gasteiger charge is 2.18. The van der Waals surface area contributed by atoms with E-state index in [2.05, 4.69) is 12.3 Å². The summed E-state index contributed by atoms with van der Waals surface area (Å²) in [7, 11) is 0. The first kappa shape index (κ1) is 13.5. The molecular formula is C13H19NO3. The number of hydrogen-bond acceptors (Lipinski definition) is 3. The van der Waals surface area contributed by atoms with Gasteiger partial charge in [0.25, 0.3) is 0 Å². The molecule has 1 amide bonds. The van der Waals surface area contributed by atoms with Gasteiger partial charge < -0.3 is 9.64 Å². The molecule has 1 rings (SSSR count). The normalized spacial score (nSPS) is 16.7. The Morgan fingerprint density at radius 3 is 2.94 bits per heavy atom. The van der Waals surface area contributed by atoms with Crippen LogP contribution < -0.4 is 0 Å². The molecule has 1 saturated heterocycles. The third kappa shape index (κ3) is 5.36. The Morgan fingerprint density at radius 1 is 1.41 bits per heavy atom. The van der Waals surface area contributed by atoms with Gasteiger partial charge in [-0.15, -0.1) is 5.73 Å². The van der Waals surface area contributed by atoms with Crippen molar-refractivity contribution in [1.29, 1.82) is 0 Å². The van der Waals surface area contributed by atoms with Crippen molar-refractivity contribution in [3.05, 3.63) is 18.4 Å². The first-order chi connectivity index (χ1) is 8.24. The fourth-order valence-electron chi connectivity index (χ4n) is 1.78. The lowest BCUT2D eigenvalue weighted by Crippen LogP contribution is -2.37. The number of hydrogen-bond donors (Lipinski definition) is 0. The van der Waals surface area contributed by atoms with Crippen LogP contribution in [0.4, 0.5) is 0 Å². The average molecular weight is 237 g/mol. The maximum absolute atomic E-state index is 11.7. The number of amides is 1. The van der Waals surface area contributed by atoms with E-state index in [4.69, 9.17) is 4.74 Å². The summed E-state index contributed by atoms with van der Waals surface area (Å²) in [6.07, 6.45) is 6.19. The van der Waals surface area contributed by atoms with Gasteiger partial charge in [-0.2, -0.15) is 0 Å².